The Morgan fingerprint density at radius 2 is 1.75 bits per heavy atom. The minimum absolute atomic E-state index is 0.938. The van der Waals surface area contributed by atoms with Crippen molar-refractivity contribution in [1.82, 2.24) is 9.97 Å². The maximum absolute atomic E-state index is 4.03. The zero-order chi connectivity index (χ0) is 13.6. The number of benzene rings is 2. The highest BCUT2D eigenvalue weighted by atomic mass is 14.9. The van der Waals surface area contributed by atoms with Crippen LogP contribution in [0.4, 0.5) is 5.69 Å². The molecule has 0 fully saturated rings. The van der Waals surface area contributed by atoms with Gasteiger partial charge in [0, 0.05) is 12.2 Å². The fourth-order valence-electron chi connectivity index (χ4n) is 2.18. The van der Waals surface area contributed by atoms with E-state index in [1.54, 1.807) is 6.33 Å². The van der Waals surface area contributed by atoms with Crippen LogP contribution in [0.1, 0.15) is 5.56 Å². The molecule has 3 aromatic rings. The average Bonchev–Trinajstić information content (AvgIpc) is 3.03. The number of hydrogen-bond acceptors (Lipinski definition) is 2. The van der Waals surface area contributed by atoms with E-state index in [1.165, 1.54) is 5.56 Å². The van der Waals surface area contributed by atoms with Crippen molar-refractivity contribution in [3.05, 3.63) is 72.7 Å². The fraction of sp³-hybridized carbons (Fsp3) is 0.118. The number of H-pyrrole nitrogens is 1. The molecule has 2 N–H and O–H groups in total. The smallest absolute Gasteiger partial charge is 0.0924 e. The summed E-state index contributed by atoms with van der Waals surface area (Å²) in [6.45, 7) is 0.938. The molecule has 3 nitrogen and oxygen atoms in total. The number of nitrogens with zero attached hydrogens (tertiary/aromatic N) is 1. The summed E-state index contributed by atoms with van der Waals surface area (Å²) >= 11 is 0. The molecule has 0 spiro atoms. The largest absolute Gasteiger partial charge is 0.385 e. The van der Waals surface area contributed by atoms with Crippen molar-refractivity contribution in [2.45, 2.75) is 6.42 Å². The van der Waals surface area contributed by atoms with Gasteiger partial charge in [-0.3, -0.25) is 0 Å². The third-order valence-electron chi connectivity index (χ3n) is 3.28. The molecule has 0 atom stereocenters. The van der Waals surface area contributed by atoms with Gasteiger partial charge in [-0.05, 0) is 29.7 Å². The van der Waals surface area contributed by atoms with Gasteiger partial charge in [-0.2, -0.15) is 0 Å². The Balaban J connectivity index is 1.56. The fourth-order valence-corrected chi connectivity index (χ4v) is 2.18. The van der Waals surface area contributed by atoms with Gasteiger partial charge in [0.25, 0.3) is 0 Å². The molecular weight excluding hydrogens is 246 g/mol. The van der Waals surface area contributed by atoms with Crippen molar-refractivity contribution in [3.8, 4) is 11.3 Å². The Morgan fingerprint density at radius 3 is 2.45 bits per heavy atom. The third kappa shape index (κ3) is 3.06. The molecule has 0 aliphatic carbocycles. The molecule has 0 amide bonds. The van der Waals surface area contributed by atoms with Gasteiger partial charge in [0.2, 0.25) is 0 Å². The first-order valence-corrected chi connectivity index (χ1v) is 6.78. The molecular formula is C17H17N3. The zero-order valence-electron chi connectivity index (χ0n) is 11.2. The molecule has 0 aliphatic heterocycles. The summed E-state index contributed by atoms with van der Waals surface area (Å²) in [7, 11) is 0. The molecule has 0 bridgehead atoms. The van der Waals surface area contributed by atoms with E-state index in [4.69, 9.17) is 0 Å². The van der Waals surface area contributed by atoms with Gasteiger partial charge in [0.05, 0.1) is 18.2 Å². The quantitative estimate of drug-likeness (QED) is 0.736. The van der Waals surface area contributed by atoms with E-state index >= 15 is 0 Å². The Hall–Kier alpha value is -2.55. The van der Waals surface area contributed by atoms with Crippen molar-refractivity contribution in [3.63, 3.8) is 0 Å². The maximum atomic E-state index is 4.03. The van der Waals surface area contributed by atoms with Gasteiger partial charge in [-0.25, -0.2) is 4.98 Å². The Bertz CT molecular complexity index is 628. The number of hydrogen-bond donors (Lipinski definition) is 2. The number of aromatic amines is 1. The molecule has 3 rings (SSSR count). The highest BCUT2D eigenvalue weighted by Gasteiger charge is 1.98. The molecule has 0 radical (unpaired) electrons. The van der Waals surface area contributed by atoms with E-state index in [-0.39, 0.29) is 0 Å². The topological polar surface area (TPSA) is 40.7 Å². The zero-order valence-corrected chi connectivity index (χ0v) is 11.2. The van der Waals surface area contributed by atoms with Gasteiger partial charge >= 0.3 is 0 Å². The van der Waals surface area contributed by atoms with Gasteiger partial charge in [0.15, 0.2) is 0 Å². The molecule has 1 aromatic heterocycles. The van der Waals surface area contributed by atoms with Crippen LogP contribution in [0.15, 0.2) is 67.1 Å². The SMILES string of the molecule is c1ccc(CCNc2ccc(-c3cnc[nH]3)cc2)cc1. The molecule has 0 aliphatic rings. The lowest BCUT2D eigenvalue weighted by Gasteiger charge is -2.07. The number of aromatic nitrogens is 2. The van der Waals surface area contributed by atoms with Crippen LogP contribution in [0.25, 0.3) is 11.3 Å². The third-order valence-corrected chi connectivity index (χ3v) is 3.28. The first-order chi connectivity index (χ1) is 9.92. The Morgan fingerprint density at radius 1 is 0.950 bits per heavy atom. The number of imidazole rings is 1. The summed E-state index contributed by atoms with van der Waals surface area (Å²) in [6.07, 6.45) is 4.56. The van der Waals surface area contributed by atoms with Crippen LogP contribution in [-0.4, -0.2) is 16.5 Å². The summed E-state index contributed by atoms with van der Waals surface area (Å²) < 4.78 is 0. The van der Waals surface area contributed by atoms with E-state index in [0.29, 0.717) is 0 Å². The summed E-state index contributed by atoms with van der Waals surface area (Å²) in [5.41, 5.74) is 4.69. The minimum Gasteiger partial charge on any atom is -0.385 e. The monoisotopic (exact) mass is 263 g/mol. The lowest BCUT2D eigenvalue weighted by Crippen LogP contribution is -2.04. The second kappa shape index (κ2) is 6.06. The number of anilines is 1. The molecule has 3 heteroatoms. The first kappa shape index (κ1) is 12.5. The second-order valence-corrected chi connectivity index (χ2v) is 4.71. The lowest BCUT2D eigenvalue weighted by atomic mass is 10.1. The van der Waals surface area contributed by atoms with Gasteiger partial charge in [0.1, 0.15) is 0 Å². The predicted octanol–water partition coefficient (Wildman–Crippen LogP) is 3.73. The normalized spacial score (nSPS) is 10.4. The Kier molecular flexibility index (Phi) is 3.78. The van der Waals surface area contributed by atoms with Crippen molar-refractivity contribution in [2.24, 2.45) is 0 Å². The van der Waals surface area contributed by atoms with Crippen molar-refractivity contribution < 1.29 is 0 Å². The predicted molar refractivity (Wildman–Crippen MR) is 82.7 cm³/mol. The Labute approximate surface area is 118 Å². The van der Waals surface area contributed by atoms with Crippen molar-refractivity contribution in [2.75, 3.05) is 11.9 Å². The summed E-state index contributed by atoms with van der Waals surface area (Å²) in [4.78, 5) is 7.14. The van der Waals surface area contributed by atoms with Crippen molar-refractivity contribution in [1.29, 1.82) is 0 Å². The van der Waals surface area contributed by atoms with Crippen LogP contribution in [-0.2, 0) is 6.42 Å². The van der Waals surface area contributed by atoms with E-state index in [1.807, 2.05) is 12.3 Å². The lowest BCUT2D eigenvalue weighted by molar-refractivity contribution is 1.02. The second-order valence-electron chi connectivity index (χ2n) is 4.71. The van der Waals surface area contributed by atoms with Crippen LogP contribution in [0.5, 0.6) is 0 Å². The van der Waals surface area contributed by atoms with Crippen LogP contribution < -0.4 is 5.32 Å². The maximum Gasteiger partial charge on any atom is 0.0924 e. The van der Waals surface area contributed by atoms with Crippen LogP contribution >= 0.6 is 0 Å². The van der Waals surface area contributed by atoms with Gasteiger partial charge in [-0.1, -0.05) is 42.5 Å². The first-order valence-electron chi connectivity index (χ1n) is 6.78. The van der Waals surface area contributed by atoms with E-state index in [0.717, 1.165) is 29.9 Å². The van der Waals surface area contributed by atoms with Gasteiger partial charge in [-0.15, -0.1) is 0 Å². The van der Waals surface area contributed by atoms with E-state index in [2.05, 4.69) is 63.8 Å². The minimum atomic E-state index is 0.938. The molecule has 100 valence electrons. The standard InChI is InChI=1S/C17H17N3/c1-2-4-14(5-3-1)10-11-19-16-8-6-15(7-9-16)17-12-18-13-20-17/h1-9,12-13,19H,10-11H2,(H,18,20). The van der Waals surface area contributed by atoms with Crippen LogP contribution in [0.2, 0.25) is 0 Å². The average molecular weight is 263 g/mol. The molecule has 20 heavy (non-hydrogen) atoms. The van der Waals surface area contributed by atoms with Crippen LogP contribution in [0, 0.1) is 0 Å². The molecule has 0 saturated heterocycles. The van der Waals surface area contributed by atoms with E-state index < -0.39 is 0 Å². The molecule has 2 aromatic carbocycles. The summed E-state index contributed by atoms with van der Waals surface area (Å²) in [5, 5.41) is 3.44. The summed E-state index contributed by atoms with van der Waals surface area (Å²) in [6, 6.07) is 18.9. The van der Waals surface area contributed by atoms with Crippen LogP contribution in [0.3, 0.4) is 0 Å². The molecule has 0 unspecified atom stereocenters. The molecule has 0 saturated carbocycles. The summed E-state index contributed by atoms with van der Waals surface area (Å²) in [5.74, 6) is 0. The highest BCUT2D eigenvalue weighted by molar-refractivity contribution is 5.61. The number of rotatable bonds is 5. The van der Waals surface area contributed by atoms with Gasteiger partial charge < -0.3 is 10.3 Å². The van der Waals surface area contributed by atoms with E-state index in [9.17, 15) is 0 Å². The van der Waals surface area contributed by atoms with Crippen molar-refractivity contribution >= 4 is 5.69 Å². The molecule has 1 heterocycles. The number of nitrogens with one attached hydrogen (secondary N) is 2. The highest BCUT2D eigenvalue weighted by Crippen LogP contribution is 2.18.